The highest BCUT2D eigenvalue weighted by atomic mass is 32.2. The van der Waals surface area contributed by atoms with Crippen molar-refractivity contribution in [2.24, 2.45) is 0 Å². The highest BCUT2D eigenvalue weighted by Crippen LogP contribution is 2.31. The van der Waals surface area contributed by atoms with E-state index in [9.17, 15) is 12.8 Å². The molecule has 1 aliphatic rings. The fraction of sp³-hybridized carbons (Fsp3) is 0.500. The van der Waals surface area contributed by atoms with Crippen LogP contribution in [0.3, 0.4) is 0 Å². The van der Waals surface area contributed by atoms with Gasteiger partial charge in [-0.25, -0.2) is 12.8 Å². The molecule has 0 saturated carbocycles. The third-order valence-electron chi connectivity index (χ3n) is 3.11. The molecule has 1 heterocycles. The monoisotopic (exact) mass is 288 g/mol. The molecule has 1 fully saturated rings. The van der Waals surface area contributed by atoms with E-state index in [-0.39, 0.29) is 25.4 Å². The zero-order valence-corrected chi connectivity index (χ0v) is 11.7. The Morgan fingerprint density at radius 1 is 1.42 bits per heavy atom. The number of rotatable bonds is 2. The lowest BCUT2D eigenvalue weighted by atomic mass is 10.1. The molecule has 0 radical (unpaired) electrons. The Morgan fingerprint density at radius 3 is 2.68 bits per heavy atom. The average Bonchev–Trinajstić information content (AvgIpc) is 2.27. The van der Waals surface area contributed by atoms with Gasteiger partial charge >= 0.3 is 0 Å². The third-order valence-corrected chi connectivity index (χ3v) is 5.32. The van der Waals surface area contributed by atoms with Gasteiger partial charge in [-0.2, -0.15) is 4.31 Å². The molecule has 106 valence electrons. The summed E-state index contributed by atoms with van der Waals surface area (Å²) in [7, 11) is -3.98. The highest BCUT2D eigenvalue weighted by molar-refractivity contribution is 7.89. The van der Waals surface area contributed by atoms with E-state index >= 15 is 0 Å². The summed E-state index contributed by atoms with van der Waals surface area (Å²) in [4.78, 5) is -0.454. The molecule has 0 spiro atoms. The van der Waals surface area contributed by atoms with Crippen LogP contribution < -0.4 is 5.73 Å². The van der Waals surface area contributed by atoms with Crippen LogP contribution in [0.4, 0.5) is 10.1 Å². The van der Waals surface area contributed by atoms with Crippen LogP contribution in [0.25, 0.3) is 0 Å². The van der Waals surface area contributed by atoms with Crippen molar-refractivity contribution in [2.75, 3.05) is 25.5 Å². The number of nitrogens with zero attached hydrogens (tertiary/aromatic N) is 1. The van der Waals surface area contributed by atoms with E-state index < -0.39 is 26.3 Å². The summed E-state index contributed by atoms with van der Waals surface area (Å²) in [6.45, 7) is 4.21. The number of nitrogens with two attached hydrogens (primary N) is 1. The number of anilines is 1. The average molecular weight is 288 g/mol. The number of halogens is 1. The van der Waals surface area contributed by atoms with Crippen molar-refractivity contribution < 1.29 is 17.5 Å². The molecule has 0 bridgehead atoms. The second kappa shape index (κ2) is 4.73. The van der Waals surface area contributed by atoms with E-state index in [4.69, 9.17) is 10.5 Å². The summed E-state index contributed by atoms with van der Waals surface area (Å²) < 4.78 is 45.5. The SMILES string of the molecule is CC1(C)COCCN1S(=O)(=O)c1c(N)cccc1F. The van der Waals surface area contributed by atoms with Gasteiger partial charge in [-0.15, -0.1) is 0 Å². The number of morpholine rings is 1. The molecule has 1 aromatic carbocycles. The fourth-order valence-electron chi connectivity index (χ4n) is 2.20. The topological polar surface area (TPSA) is 72.6 Å². The molecule has 7 heteroatoms. The largest absolute Gasteiger partial charge is 0.398 e. The molecular weight excluding hydrogens is 271 g/mol. The van der Waals surface area contributed by atoms with E-state index in [0.717, 1.165) is 6.07 Å². The van der Waals surface area contributed by atoms with Gasteiger partial charge in [-0.3, -0.25) is 0 Å². The lowest BCUT2D eigenvalue weighted by Crippen LogP contribution is -2.55. The van der Waals surface area contributed by atoms with Crippen LogP contribution in [-0.2, 0) is 14.8 Å². The molecule has 2 N–H and O–H groups in total. The summed E-state index contributed by atoms with van der Waals surface area (Å²) in [6.07, 6.45) is 0. The molecule has 1 aliphatic heterocycles. The molecule has 0 unspecified atom stereocenters. The van der Waals surface area contributed by atoms with E-state index in [1.807, 2.05) is 0 Å². The summed E-state index contributed by atoms with van der Waals surface area (Å²) in [5, 5.41) is 0. The van der Waals surface area contributed by atoms with Gasteiger partial charge in [-0.05, 0) is 26.0 Å². The normalized spacial score (nSPS) is 20.4. The second-order valence-electron chi connectivity index (χ2n) is 5.10. The fourth-order valence-corrected chi connectivity index (χ4v) is 4.12. The van der Waals surface area contributed by atoms with E-state index in [1.165, 1.54) is 16.4 Å². The van der Waals surface area contributed by atoms with Crippen molar-refractivity contribution in [3.8, 4) is 0 Å². The van der Waals surface area contributed by atoms with Crippen LogP contribution in [0.1, 0.15) is 13.8 Å². The zero-order valence-electron chi connectivity index (χ0n) is 10.9. The number of ether oxygens (including phenoxy) is 1. The highest BCUT2D eigenvalue weighted by Gasteiger charge is 2.41. The first-order valence-corrected chi connectivity index (χ1v) is 7.35. The van der Waals surface area contributed by atoms with E-state index in [0.29, 0.717) is 0 Å². The molecular formula is C12H17FN2O3S. The van der Waals surface area contributed by atoms with Crippen LogP contribution in [-0.4, -0.2) is 38.0 Å². The maximum absolute atomic E-state index is 13.8. The van der Waals surface area contributed by atoms with Crippen molar-refractivity contribution >= 4 is 15.7 Å². The molecule has 0 atom stereocenters. The minimum Gasteiger partial charge on any atom is -0.398 e. The Hall–Kier alpha value is -1.18. The number of nitrogen functional groups attached to an aromatic ring is 1. The van der Waals surface area contributed by atoms with Crippen molar-refractivity contribution in [1.82, 2.24) is 4.31 Å². The predicted molar refractivity (Wildman–Crippen MR) is 69.6 cm³/mol. The van der Waals surface area contributed by atoms with Crippen LogP contribution in [0.2, 0.25) is 0 Å². The Morgan fingerprint density at radius 2 is 2.11 bits per heavy atom. The summed E-state index contributed by atoms with van der Waals surface area (Å²) in [6, 6.07) is 3.86. The number of hydrogen-bond donors (Lipinski definition) is 1. The predicted octanol–water partition coefficient (Wildman–Crippen LogP) is 1.21. The van der Waals surface area contributed by atoms with Crippen molar-refractivity contribution in [2.45, 2.75) is 24.3 Å². The Kier molecular flexibility index (Phi) is 3.55. The van der Waals surface area contributed by atoms with Crippen LogP contribution in [0.5, 0.6) is 0 Å². The van der Waals surface area contributed by atoms with Crippen LogP contribution in [0.15, 0.2) is 23.1 Å². The molecule has 1 aromatic rings. The van der Waals surface area contributed by atoms with Gasteiger partial charge in [0.05, 0.1) is 24.4 Å². The quantitative estimate of drug-likeness (QED) is 0.830. The molecule has 0 amide bonds. The molecule has 0 aromatic heterocycles. The lowest BCUT2D eigenvalue weighted by Gasteiger charge is -2.40. The number of sulfonamides is 1. The van der Waals surface area contributed by atoms with Gasteiger partial charge in [0.1, 0.15) is 10.7 Å². The lowest BCUT2D eigenvalue weighted by molar-refractivity contribution is -0.00777. The second-order valence-corrected chi connectivity index (χ2v) is 6.90. The first-order chi connectivity index (χ1) is 8.77. The summed E-state index contributed by atoms with van der Waals surface area (Å²) in [5.41, 5.74) is 4.81. The van der Waals surface area contributed by atoms with Crippen molar-refractivity contribution in [1.29, 1.82) is 0 Å². The van der Waals surface area contributed by atoms with Crippen molar-refractivity contribution in [3.63, 3.8) is 0 Å². The van der Waals surface area contributed by atoms with E-state index in [2.05, 4.69) is 0 Å². The Labute approximate surface area is 112 Å². The van der Waals surface area contributed by atoms with Crippen LogP contribution in [0, 0.1) is 5.82 Å². The van der Waals surface area contributed by atoms with Crippen LogP contribution >= 0.6 is 0 Å². The Bertz CT molecular complexity index is 566. The number of hydrogen-bond acceptors (Lipinski definition) is 4. The minimum atomic E-state index is -3.98. The van der Waals surface area contributed by atoms with Gasteiger partial charge in [-0.1, -0.05) is 6.07 Å². The maximum atomic E-state index is 13.8. The van der Waals surface area contributed by atoms with Gasteiger partial charge < -0.3 is 10.5 Å². The van der Waals surface area contributed by atoms with E-state index in [1.54, 1.807) is 13.8 Å². The first-order valence-electron chi connectivity index (χ1n) is 5.91. The standard InChI is InChI=1S/C12H17FN2O3S/c1-12(2)8-18-7-6-15(12)19(16,17)11-9(13)4-3-5-10(11)14/h3-5H,6-8,14H2,1-2H3. The minimum absolute atomic E-state index is 0.0812. The molecule has 19 heavy (non-hydrogen) atoms. The smallest absolute Gasteiger partial charge is 0.248 e. The van der Waals surface area contributed by atoms with Gasteiger partial charge in [0.2, 0.25) is 10.0 Å². The van der Waals surface area contributed by atoms with Gasteiger partial charge in [0, 0.05) is 6.54 Å². The number of benzene rings is 1. The summed E-state index contributed by atoms with van der Waals surface area (Å²) >= 11 is 0. The van der Waals surface area contributed by atoms with Gasteiger partial charge in [0.25, 0.3) is 0 Å². The Balaban J connectivity index is 2.54. The molecule has 5 nitrogen and oxygen atoms in total. The molecule has 0 aliphatic carbocycles. The van der Waals surface area contributed by atoms with Gasteiger partial charge in [0.15, 0.2) is 0 Å². The molecule has 2 rings (SSSR count). The third kappa shape index (κ3) is 2.45. The first kappa shape index (κ1) is 14.2. The summed E-state index contributed by atoms with van der Waals surface area (Å²) in [5.74, 6) is -0.831. The maximum Gasteiger partial charge on any atom is 0.248 e. The molecule has 1 saturated heterocycles. The zero-order chi connectivity index (χ0) is 14.3. The van der Waals surface area contributed by atoms with Crippen molar-refractivity contribution in [3.05, 3.63) is 24.0 Å².